The van der Waals surface area contributed by atoms with Crippen molar-refractivity contribution in [1.29, 1.82) is 0 Å². The van der Waals surface area contributed by atoms with Crippen LogP contribution in [-0.4, -0.2) is 27.4 Å². The van der Waals surface area contributed by atoms with E-state index in [-0.39, 0.29) is 28.1 Å². The van der Waals surface area contributed by atoms with Gasteiger partial charge in [0.15, 0.2) is 0 Å². The highest BCUT2D eigenvalue weighted by molar-refractivity contribution is 9.10. The Balaban J connectivity index is 1.88. The topological polar surface area (TPSA) is 116 Å². The van der Waals surface area contributed by atoms with Gasteiger partial charge in [-0.3, -0.25) is 19.0 Å². The number of hydrogen-bond acceptors (Lipinski definition) is 5. The molecule has 11 heteroatoms. The van der Waals surface area contributed by atoms with E-state index < -0.39 is 35.0 Å². The summed E-state index contributed by atoms with van der Waals surface area (Å²) < 4.78 is 33.5. The lowest BCUT2D eigenvalue weighted by molar-refractivity contribution is -0.119. The van der Waals surface area contributed by atoms with Crippen LogP contribution >= 0.6 is 15.9 Å². The first kappa shape index (κ1) is 24.1. The minimum Gasteiger partial charge on any atom is -0.472 e. The number of halogens is 3. The van der Waals surface area contributed by atoms with E-state index in [4.69, 9.17) is 10.5 Å². The van der Waals surface area contributed by atoms with Gasteiger partial charge >= 0.3 is 0 Å². The number of aromatic nitrogens is 2. The van der Waals surface area contributed by atoms with Crippen molar-refractivity contribution in [2.75, 3.05) is 0 Å². The fourth-order valence-corrected chi connectivity index (χ4v) is 3.24. The Morgan fingerprint density at radius 3 is 2.64 bits per heavy atom. The van der Waals surface area contributed by atoms with Gasteiger partial charge in [-0.25, -0.2) is 13.8 Å². The average molecular weight is 521 g/mol. The number of hydrogen-bond donors (Lipinski definition) is 2. The number of primary amides is 1. The van der Waals surface area contributed by atoms with E-state index in [9.17, 15) is 23.2 Å². The first-order chi connectivity index (χ1) is 15.6. The third-order valence-electron chi connectivity index (χ3n) is 4.77. The van der Waals surface area contributed by atoms with Gasteiger partial charge in [-0.1, -0.05) is 6.07 Å². The van der Waals surface area contributed by atoms with Crippen LogP contribution in [0.4, 0.5) is 8.78 Å². The highest BCUT2D eigenvalue weighted by Gasteiger charge is 2.18. The van der Waals surface area contributed by atoms with E-state index in [1.807, 2.05) is 0 Å². The highest BCUT2D eigenvalue weighted by atomic mass is 79.9. The maximum absolute atomic E-state index is 13.8. The molecule has 0 unspecified atom stereocenters. The predicted octanol–water partition coefficient (Wildman–Crippen LogP) is 2.76. The van der Waals surface area contributed by atoms with Gasteiger partial charge in [-0.2, -0.15) is 0 Å². The lowest BCUT2D eigenvalue weighted by Gasteiger charge is -2.14. The highest BCUT2D eigenvalue weighted by Crippen LogP contribution is 2.22. The zero-order valence-electron chi connectivity index (χ0n) is 17.6. The van der Waals surface area contributed by atoms with Crippen LogP contribution in [0.2, 0.25) is 0 Å². The van der Waals surface area contributed by atoms with Crippen molar-refractivity contribution >= 4 is 27.7 Å². The summed E-state index contributed by atoms with van der Waals surface area (Å²) in [5.41, 5.74) is 5.99. The lowest BCUT2D eigenvalue weighted by atomic mass is 10.1. The van der Waals surface area contributed by atoms with Gasteiger partial charge in [0.25, 0.3) is 11.5 Å². The standard InChI is InChI=1S/C22H19BrF2N4O4/c1-11-3-4-13(20(31)28-12(2)19(26)30)7-17(11)29-10-27-21(18(23)22(29)32)33-9-14-5-6-15(24)8-16(14)25/h3-8,10,12H,9H2,1-2H3,(H2,26,30)(H,28,31)/t12-/m0/s1. The van der Waals surface area contributed by atoms with Crippen LogP contribution in [0.15, 0.2) is 52.0 Å². The Labute approximate surface area is 195 Å². The summed E-state index contributed by atoms with van der Waals surface area (Å²) in [6.07, 6.45) is 1.21. The monoisotopic (exact) mass is 520 g/mol. The Kier molecular flexibility index (Phi) is 7.22. The van der Waals surface area contributed by atoms with Crippen LogP contribution in [0.1, 0.15) is 28.4 Å². The molecule has 1 atom stereocenters. The average Bonchev–Trinajstić information content (AvgIpc) is 2.76. The molecule has 0 aliphatic heterocycles. The van der Waals surface area contributed by atoms with Crippen LogP contribution < -0.4 is 21.3 Å². The molecule has 3 N–H and O–H groups in total. The SMILES string of the molecule is Cc1ccc(C(=O)N[C@@H](C)C(N)=O)cc1-n1cnc(OCc2ccc(F)cc2F)c(Br)c1=O. The molecule has 0 fully saturated rings. The third-order valence-corrected chi connectivity index (χ3v) is 5.45. The van der Waals surface area contributed by atoms with Crippen molar-refractivity contribution in [1.82, 2.24) is 14.9 Å². The molecule has 1 heterocycles. The van der Waals surface area contributed by atoms with E-state index in [2.05, 4.69) is 26.2 Å². The quantitative estimate of drug-likeness (QED) is 0.496. The van der Waals surface area contributed by atoms with Crippen molar-refractivity contribution in [2.24, 2.45) is 5.73 Å². The molecular weight excluding hydrogens is 502 g/mol. The number of benzene rings is 2. The number of carbonyl (C=O) groups excluding carboxylic acids is 2. The molecule has 2 aromatic carbocycles. The second kappa shape index (κ2) is 9.90. The minimum absolute atomic E-state index is 0.0240. The second-order valence-corrected chi connectivity index (χ2v) is 7.96. The number of rotatable bonds is 7. The summed E-state index contributed by atoms with van der Waals surface area (Å²) in [5.74, 6) is -2.80. The Hall–Kier alpha value is -3.60. The summed E-state index contributed by atoms with van der Waals surface area (Å²) in [6, 6.07) is 6.85. The predicted molar refractivity (Wildman–Crippen MR) is 119 cm³/mol. The molecule has 3 rings (SSSR count). The molecule has 0 aliphatic rings. The molecule has 3 aromatic rings. The molecule has 0 spiro atoms. The number of nitrogens with two attached hydrogens (primary N) is 1. The molecule has 172 valence electrons. The molecule has 2 amide bonds. The van der Waals surface area contributed by atoms with E-state index >= 15 is 0 Å². The van der Waals surface area contributed by atoms with Crippen molar-refractivity contribution in [2.45, 2.75) is 26.5 Å². The van der Waals surface area contributed by atoms with Gasteiger partial charge in [0, 0.05) is 17.2 Å². The number of carbonyl (C=O) groups is 2. The van der Waals surface area contributed by atoms with Gasteiger partial charge < -0.3 is 15.8 Å². The van der Waals surface area contributed by atoms with E-state index in [1.54, 1.807) is 19.1 Å². The number of nitrogens with zero attached hydrogens (tertiary/aromatic N) is 2. The Morgan fingerprint density at radius 1 is 1.24 bits per heavy atom. The summed E-state index contributed by atoms with van der Waals surface area (Å²) in [5, 5.41) is 2.47. The van der Waals surface area contributed by atoms with Crippen molar-refractivity contribution in [3.8, 4) is 11.6 Å². The molecule has 8 nitrogen and oxygen atoms in total. The first-order valence-electron chi connectivity index (χ1n) is 9.63. The lowest BCUT2D eigenvalue weighted by Crippen LogP contribution is -2.42. The molecular formula is C22H19BrF2N4O4. The largest absolute Gasteiger partial charge is 0.472 e. The number of nitrogens with one attached hydrogen (secondary N) is 1. The van der Waals surface area contributed by atoms with Crippen molar-refractivity contribution < 1.29 is 23.1 Å². The number of ether oxygens (including phenoxy) is 1. The fourth-order valence-electron chi connectivity index (χ4n) is 2.83. The maximum Gasteiger partial charge on any atom is 0.276 e. The van der Waals surface area contributed by atoms with Gasteiger partial charge in [0.2, 0.25) is 11.8 Å². The third kappa shape index (κ3) is 5.43. The molecule has 0 aliphatic carbocycles. The zero-order valence-corrected chi connectivity index (χ0v) is 19.2. The molecule has 0 saturated carbocycles. The minimum atomic E-state index is -0.872. The van der Waals surface area contributed by atoms with E-state index in [0.29, 0.717) is 11.3 Å². The molecule has 0 bridgehead atoms. The summed E-state index contributed by atoms with van der Waals surface area (Å²) in [6.45, 7) is 2.93. The normalized spacial score (nSPS) is 11.7. The zero-order chi connectivity index (χ0) is 24.3. The summed E-state index contributed by atoms with van der Waals surface area (Å²) in [7, 11) is 0. The van der Waals surface area contributed by atoms with Crippen LogP contribution in [-0.2, 0) is 11.4 Å². The number of aryl methyl sites for hydroxylation is 1. The molecule has 0 saturated heterocycles. The van der Waals surface area contributed by atoms with Gasteiger partial charge in [-0.05, 0) is 59.6 Å². The van der Waals surface area contributed by atoms with Gasteiger partial charge in [0.05, 0.1) is 5.69 Å². The Morgan fingerprint density at radius 2 is 1.97 bits per heavy atom. The molecule has 0 radical (unpaired) electrons. The summed E-state index contributed by atoms with van der Waals surface area (Å²) >= 11 is 3.15. The van der Waals surface area contributed by atoms with Crippen LogP contribution in [0.5, 0.6) is 5.88 Å². The maximum atomic E-state index is 13.8. The van der Waals surface area contributed by atoms with Crippen LogP contribution in [0.3, 0.4) is 0 Å². The molecule has 33 heavy (non-hydrogen) atoms. The van der Waals surface area contributed by atoms with Crippen molar-refractivity contribution in [3.63, 3.8) is 0 Å². The Bertz CT molecular complexity index is 1300. The summed E-state index contributed by atoms with van der Waals surface area (Å²) in [4.78, 5) is 40.6. The smallest absolute Gasteiger partial charge is 0.276 e. The second-order valence-electron chi connectivity index (χ2n) is 7.16. The first-order valence-corrected chi connectivity index (χ1v) is 10.4. The van der Waals surface area contributed by atoms with Gasteiger partial charge in [-0.15, -0.1) is 0 Å². The number of amides is 2. The van der Waals surface area contributed by atoms with E-state index in [1.165, 1.54) is 30.0 Å². The van der Waals surface area contributed by atoms with E-state index in [0.717, 1.165) is 12.1 Å². The fraction of sp³-hybridized carbons (Fsp3) is 0.182. The van der Waals surface area contributed by atoms with Crippen LogP contribution in [0, 0.1) is 18.6 Å². The van der Waals surface area contributed by atoms with Gasteiger partial charge in [0.1, 0.15) is 35.1 Å². The molecule has 1 aromatic heterocycles. The van der Waals surface area contributed by atoms with Crippen LogP contribution in [0.25, 0.3) is 5.69 Å². The van der Waals surface area contributed by atoms with Crippen molar-refractivity contribution in [3.05, 3.63) is 85.9 Å².